The number of fused-ring (bicyclic) bond motifs is 1. The molecule has 6 nitrogen and oxygen atoms in total. The van der Waals surface area contributed by atoms with Gasteiger partial charge in [0.1, 0.15) is 6.20 Å². The number of imidazole rings is 1. The van der Waals surface area contributed by atoms with Crippen LogP contribution in [0, 0.1) is 0 Å². The molecule has 0 amide bonds. The number of hydrazone groups is 1. The first-order valence-electron chi connectivity index (χ1n) is 7.93. The minimum Gasteiger partial charge on any atom is -0.245 e. The number of hydrogen-bond acceptors (Lipinski definition) is 4. The Morgan fingerprint density at radius 1 is 1.04 bits per heavy atom. The first kappa shape index (κ1) is 15.0. The summed E-state index contributed by atoms with van der Waals surface area (Å²) in [5.41, 5.74) is 7.27. The smallest absolute Gasteiger partial charge is 0.245 e. The van der Waals surface area contributed by atoms with Crippen molar-refractivity contribution in [2.45, 2.75) is 0 Å². The van der Waals surface area contributed by atoms with Crippen molar-refractivity contribution in [1.29, 1.82) is 0 Å². The van der Waals surface area contributed by atoms with Crippen LogP contribution in [0.3, 0.4) is 0 Å². The molecule has 4 rings (SSSR count). The summed E-state index contributed by atoms with van der Waals surface area (Å²) in [6.07, 6.45) is 9.27. The lowest BCUT2D eigenvalue weighted by Gasteiger charge is -1.99. The van der Waals surface area contributed by atoms with Gasteiger partial charge in [-0.15, -0.1) is 0 Å². The fourth-order valence-electron chi connectivity index (χ4n) is 2.71. The van der Waals surface area contributed by atoms with Crippen molar-refractivity contribution in [3.63, 3.8) is 0 Å². The van der Waals surface area contributed by atoms with E-state index in [0.29, 0.717) is 5.95 Å². The van der Waals surface area contributed by atoms with Crippen molar-refractivity contribution < 1.29 is 4.40 Å². The van der Waals surface area contributed by atoms with E-state index in [0.717, 1.165) is 22.5 Å². The molecule has 0 atom stereocenters. The van der Waals surface area contributed by atoms with E-state index in [1.54, 1.807) is 24.7 Å². The predicted octanol–water partition coefficient (Wildman–Crippen LogP) is 2.67. The molecule has 0 fully saturated rings. The highest BCUT2D eigenvalue weighted by molar-refractivity contribution is 5.81. The van der Waals surface area contributed by atoms with E-state index < -0.39 is 0 Å². The maximum atomic E-state index is 4.16. The summed E-state index contributed by atoms with van der Waals surface area (Å²) < 4.78 is 4.30. The zero-order valence-corrected chi connectivity index (χ0v) is 13.7. The van der Waals surface area contributed by atoms with Gasteiger partial charge in [-0.2, -0.15) is 5.10 Å². The molecule has 4 aromatic rings. The highest BCUT2D eigenvalue weighted by Crippen LogP contribution is 2.19. The van der Waals surface area contributed by atoms with E-state index >= 15 is 0 Å². The van der Waals surface area contributed by atoms with E-state index in [1.807, 2.05) is 24.3 Å². The van der Waals surface area contributed by atoms with Gasteiger partial charge in [-0.25, -0.2) is 24.4 Å². The van der Waals surface area contributed by atoms with Crippen LogP contribution in [0.5, 0.6) is 0 Å². The van der Waals surface area contributed by atoms with E-state index in [4.69, 9.17) is 0 Å². The molecule has 0 aliphatic rings. The summed E-state index contributed by atoms with van der Waals surface area (Å²) >= 11 is 0. The molecule has 0 unspecified atom stereocenters. The van der Waals surface area contributed by atoms with Crippen molar-refractivity contribution in [3.8, 4) is 11.3 Å². The lowest BCUT2D eigenvalue weighted by atomic mass is 10.1. The molecule has 3 aromatic heterocycles. The molecule has 0 spiro atoms. The summed E-state index contributed by atoms with van der Waals surface area (Å²) in [5, 5.41) is 4.16. The fourth-order valence-corrected chi connectivity index (χ4v) is 2.71. The summed E-state index contributed by atoms with van der Waals surface area (Å²) in [7, 11) is 2.07. The number of anilines is 1. The molecular weight excluding hydrogens is 312 g/mol. The number of rotatable bonds is 4. The van der Waals surface area contributed by atoms with Gasteiger partial charge in [0.05, 0.1) is 19.5 Å². The Labute approximate surface area is 145 Å². The van der Waals surface area contributed by atoms with Gasteiger partial charge >= 0.3 is 0 Å². The van der Waals surface area contributed by atoms with Crippen LogP contribution in [0.1, 0.15) is 5.56 Å². The molecule has 1 aromatic carbocycles. The first-order valence-corrected chi connectivity index (χ1v) is 7.93. The molecule has 0 radical (unpaired) electrons. The van der Waals surface area contributed by atoms with E-state index in [1.165, 1.54) is 0 Å². The maximum absolute atomic E-state index is 4.16. The van der Waals surface area contributed by atoms with E-state index in [9.17, 15) is 0 Å². The van der Waals surface area contributed by atoms with Gasteiger partial charge in [0.15, 0.2) is 5.69 Å². The highest BCUT2D eigenvalue weighted by Gasteiger charge is 2.14. The van der Waals surface area contributed by atoms with E-state index in [2.05, 4.69) is 67.1 Å². The second-order valence-electron chi connectivity index (χ2n) is 5.60. The van der Waals surface area contributed by atoms with Gasteiger partial charge in [-0.1, -0.05) is 18.2 Å². The van der Waals surface area contributed by atoms with Crippen LogP contribution in [-0.2, 0) is 7.05 Å². The Morgan fingerprint density at radius 2 is 1.84 bits per heavy atom. The fraction of sp³-hybridized carbons (Fsp3) is 0.0526. The lowest BCUT2D eigenvalue weighted by molar-refractivity contribution is -0.510. The van der Waals surface area contributed by atoms with Crippen molar-refractivity contribution in [3.05, 3.63) is 78.9 Å². The quantitative estimate of drug-likeness (QED) is 0.356. The molecule has 0 bridgehead atoms. The van der Waals surface area contributed by atoms with Crippen LogP contribution in [0.2, 0.25) is 0 Å². The monoisotopic (exact) mass is 329 g/mol. The zero-order valence-electron chi connectivity index (χ0n) is 13.7. The zero-order chi connectivity index (χ0) is 17.1. The predicted molar refractivity (Wildman–Crippen MR) is 97.3 cm³/mol. The Bertz CT molecular complexity index is 1020. The van der Waals surface area contributed by atoms with Crippen molar-refractivity contribution >= 4 is 17.8 Å². The largest absolute Gasteiger partial charge is 0.286 e. The number of nitrogens with one attached hydrogen (secondary N) is 1. The van der Waals surface area contributed by atoms with Crippen LogP contribution in [0.4, 0.5) is 5.95 Å². The minimum absolute atomic E-state index is 0.475. The number of benzene rings is 1. The second-order valence-corrected chi connectivity index (χ2v) is 5.60. The van der Waals surface area contributed by atoms with Crippen molar-refractivity contribution in [1.82, 2.24) is 14.5 Å². The standard InChI is InChI=1S/C19H17N6/c1-24-17(14-25-12-3-2-5-18(24)25)16-8-6-15(7-9-16)13-22-23-19-20-10-4-11-21-19/h2-14H,1H3,(H,20,21,23)/q+1/b22-13+. The third-order valence-electron chi connectivity index (χ3n) is 3.98. The number of hydrogen-bond donors (Lipinski definition) is 1. The molecule has 0 saturated carbocycles. The van der Waals surface area contributed by atoms with Gasteiger partial charge < -0.3 is 0 Å². The Balaban J connectivity index is 1.54. The van der Waals surface area contributed by atoms with Crippen molar-refractivity contribution in [2.75, 3.05) is 5.43 Å². The average Bonchev–Trinajstić information content (AvgIpc) is 3.00. The summed E-state index contributed by atoms with van der Waals surface area (Å²) in [4.78, 5) is 8.11. The number of aromatic nitrogens is 4. The third kappa shape index (κ3) is 3.10. The van der Waals surface area contributed by atoms with Gasteiger partial charge in [0, 0.05) is 24.0 Å². The topological polar surface area (TPSA) is 59.2 Å². The minimum atomic E-state index is 0.475. The molecular formula is C19H17N6+. The summed E-state index contributed by atoms with van der Waals surface area (Å²) in [6, 6.07) is 16.2. The van der Waals surface area contributed by atoms with Gasteiger partial charge in [-0.3, -0.25) is 0 Å². The van der Waals surface area contributed by atoms with Crippen LogP contribution in [0.25, 0.3) is 16.9 Å². The summed E-state index contributed by atoms with van der Waals surface area (Å²) in [5.74, 6) is 0.475. The Kier molecular flexibility index (Phi) is 3.92. The van der Waals surface area contributed by atoms with Gasteiger partial charge in [-0.05, 0) is 29.8 Å². The number of pyridine rings is 1. The van der Waals surface area contributed by atoms with E-state index in [-0.39, 0.29) is 0 Å². The first-order chi connectivity index (χ1) is 12.3. The molecule has 0 aliphatic carbocycles. The molecule has 0 aliphatic heterocycles. The molecule has 1 N–H and O–H groups in total. The second kappa shape index (κ2) is 6.52. The maximum Gasteiger partial charge on any atom is 0.286 e. The molecule has 0 saturated heterocycles. The van der Waals surface area contributed by atoms with Crippen molar-refractivity contribution in [2.24, 2.45) is 12.1 Å². The highest BCUT2D eigenvalue weighted by atomic mass is 15.3. The van der Waals surface area contributed by atoms with Crippen LogP contribution < -0.4 is 9.83 Å². The molecule has 122 valence electrons. The lowest BCUT2D eigenvalue weighted by Crippen LogP contribution is -2.17. The van der Waals surface area contributed by atoms with Gasteiger partial charge in [0.25, 0.3) is 5.65 Å². The van der Waals surface area contributed by atoms with Crippen LogP contribution in [0.15, 0.2) is 78.4 Å². The Morgan fingerprint density at radius 3 is 2.60 bits per heavy atom. The average molecular weight is 329 g/mol. The van der Waals surface area contributed by atoms with Gasteiger partial charge in [0.2, 0.25) is 5.95 Å². The SMILES string of the molecule is Cn1c(-c2ccc(/C=N/Nc3ncccn3)cc2)c[n+]2ccccc12. The third-order valence-corrected chi connectivity index (χ3v) is 3.98. The molecule has 3 heterocycles. The summed E-state index contributed by atoms with van der Waals surface area (Å²) in [6.45, 7) is 0. The normalized spacial score (nSPS) is 11.2. The number of nitrogens with zero attached hydrogens (tertiary/aromatic N) is 5. The number of aryl methyl sites for hydroxylation is 1. The Hall–Kier alpha value is -3.54. The molecule has 25 heavy (non-hydrogen) atoms. The van der Waals surface area contributed by atoms with Crippen LogP contribution >= 0.6 is 0 Å². The van der Waals surface area contributed by atoms with Crippen LogP contribution in [-0.4, -0.2) is 20.7 Å². The molecule has 6 heteroatoms.